The average molecular weight is 231 g/mol. The number of hydrogen-bond acceptors (Lipinski definition) is 2. The van der Waals surface area contributed by atoms with Crippen LogP contribution in [0.15, 0.2) is 40.8 Å². The highest BCUT2D eigenvalue weighted by molar-refractivity contribution is 6.34. The van der Waals surface area contributed by atoms with Gasteiger partial charge in [-0.1, -0.05) is 29.8 Å². The third kappa shape index (κ3) is 1.24. The first kappa shape index (κ1) is 9.43. The Balaban J connectivity index is 2.52. The minimum absolute atomic E-state index is 0.418. The number of carbonyl (C=O) groups is 1. The lowest BCUT2D eigenvalue weighted by Crippen LogP contribution is -1.80. The molecule has 0 fully saturated rings. The summed E-state index contributed by atoms with van der Waals surface area (Å²) in [6.45, 7) is 0. The summed E-state index contributed by atoms with van der Waals surface area (Å²) in [5.41, 5.74) is 1.99. The summed E-state index contributed by atoms with van der Waals surface area (Å²) in [6.07, 6.45) is 0.754. The van der Waals surface area contributed by atoms with E-state index < -0.39 is 0 Å². The van der Waals surface area contributed by atoms with Gasteiger partial charge in [0.1, 0.15) is 11.2 Å². The van der Waals surface area contributed by atoms with Crippen molar-refractivity contribution in [1.82, 2.24) is 0 Å². The molecule has 0 atom stereocenters. The van der Waals surface area contributed by atoms with Gasteiger partial charge in [0.05, 0.1) is 5.02 Å². The van der Waals surface area contributed by atoms with Gasteiger partial charge in [-0.15, -0.1) is 0 Å². The van der Waals surface area contributed by atoms with E-state index >= 15 is 0 Å². The predicted octanol–water partition coefficient (Wildman–Crippen LogP) is 4.05. The number of carbonyl (C=O) groups excluding carboxylic acids is 1. The molecular formula is C13H7ClO2. The summed E-state index contributed by atoms with van der Waals surface area (Å²) in [5.74, 6) is 0. The highest BCUT2D eigenvalue weighted by atomic mass is 35.5. The number of fused-ring (bicyclic) bond motifs is 3. The third-order valence-corrected chi connectivity index (χ3v) is 2.95. The molecule has 1 aromatic heterocycles. The fraction of sp³-hybridized carbons (Fsp3) is 0. The number of furan rings is 1. The summed E-state index contributed by atoms with van der Waals surface area (Å²) in [4.78, 5) is 10.8. The number of rotatable bonds is 1. The van der Waals surface area contributed by atoms with Crippen LogP contribution in [0.3, 0.4) is 0 Å². The maximum atomic E-state index is 10.8. The normalized spacial score (nSPS) is 11.1. The van der Waals surface area contributed by atoms with E-state index in [1.54, 1.807) is 12.1 Å². The molecule has 3 heteroatoms. The molecule has 0 amide bonds. The molecule has 0 aliphatic carbocycles. The fourth-order valence-electron chi connectivity index (χ4n) is 1.85. The molecule has 2 aromatic carbocycles. The monoisotopic (exact) mass is 230 g/mol. The van der Waals surface area contributed by atoms with Gasteiger partial charge in [0.15, 0.2) is 6.29 Å². The van der Waals surface area contributed by atoms with Crippen LogP contribution in [-0.2, 0) is 0 Å². The van der Waals surface area contributed by atoms with Crippen molar-refractivity contribution in [3.05, 3.63) is 47.0 Å². The Labute approximate surface area is 96.4 Å². The zero-order chi connectivity index (χ0) is 11.1. The van der Waals surface area contributed by atoms with E-state index in [0.29, 0.717) is 16.2 Å². The molecule has 0 aliphatic heterocycles. The van der Waals surface area contributed by atoms with E-state index in [4.69, 9.17) is 16.0 Å². The first-order valence-corrected chi connectivity index (χ1v) is 5.23. The number of halogens is 1. The molecule has 0 unspecified atom stereocenters. The van der Waals surface area contributed by atoms with Crippen LogP contribution >= 0.6 is 11.6 Å². The van der Waals surface area contributed by atoms with Gasteiger partial charge in [-0.2, -0.15) is 0 Å². The molecule has 2 nitrogen and oxygen atoms in total. The van der Waals surface area contributed by atoms with Crippen molar-refractivity contribution in [1.29, 1.82) is 0 Å². The Kier molecular flexibility index (Phi) is 1.98. The van der Waals surface area contributed by atoms with Crippen LogP contribution in [0, 0.1) is 0 Å². The fourth-order valence-corrected chi connectivity index (χ4v) is 2.05. The first-order valence-electron chi connectivity index (χ1n) is 4.85. The molecule has 0 saturated carbocycles. The van der Waals surface area contributed by atoms with Crippen molar-refractivity contribution in [2.45, 2.75) is 0 Å². The Hall–Kier alpha value is -1.80. The topological polar surface area (TPSA) is 30.2 Å². The van der Waals surface area contributed by atoms with E-state index in [2.05, 4.69) is 0 Å². The largest absolute Gasteiger partial charge is 0.456 e. The second kappa shape index (κ2) is 3.35. The Morgan fingerprint density at radius 1 is 1.06 bits per heavy atom. The summed E-state index contributed by atoms with van der Waals surface area (Å²) in [7, 11) is 0. The number of hydrogen-bond donors (Lipinski definition) is 0. The van der Waals surface area contributed by atoms with Gasteiger partial charge >= 0.3 is 0 Å². The first-order chi connectivity index (χ1) is 7.79. The van der Waals surface area contributed by atoms with E-state index in [-0.39, 0.29) is 0 Å². The van der Waals surface area contributed by atoms with Gasteiger partial charge in [0.25, 0.3) is 0 Å². The SMILES string of the molecule is O=Cc1cc2c(cc1Cl)oc1ccccc12. The van der Waals surface area contributed by atoms with E-state index in [1.165, 1.54) is 0 Å². The lowest BCUT2D eigenvalue weighted by molar-refractivity contribution is 0.112. The molecular weight excluding hydrogens is 224 g/mol. The third-order valence-electron chi connectivity index (χ3n) is 2.62. The van der Waals surface area contributed by atoms with Gasteiger partial charge in [-0.05, 0) is 12.1 Å². The van der Waals surface area contributed by atoms with Crippen molar-refractivity contribution in [2.75, 3.05) is 0 Å². The summed E-state index contributed by atoms with van der Waals surface area (Å²) < 4.78 is 5.63. The molecule has 3 aromatic rings. The number of aldehydes is 1. The Bertz CT molecular complexity index is 698. The summed E-state index contributed by atoms with van der Waals surface area (Å²) in [6, 6.07) is 11.1. The van der Waals surface area contributed by atoms with E-state index in [9.17, 15) is 4.79 Å². The van der Waals surface area contributed by atoms with Crippen LogP contribution in [-0.4, -0.2) is 6.29 Å². The van der Waals surface area contributed by atoms with Crippen molar-refractivity contribution in [3.8, 4) is 0 Å². The van der Waals surface area contributed by atoms with Crippen molar-refractivity contribution < 1.29 is 9.21 Å². The highest BCUT2D eigenvalue weighted by Gasteiger charge is 2.09. The standard InChI is InChI=1S/C13H7ClO2/c14-11-6-13-10(5-8(11)7-15)9-3-1-2-4-12(9)16-13/h1-7H. The number of benzene rings is 2. The van der Waals surface area contributed by atoms with Crippen molar-refractivity contribution in [3.63, 3.8) is 0 Å². The van der Waals surface area contributed by atoms with Crippen LogP contribution in [0.5, 0.6) is 0 Å². The van der Waals surface area contributed by atoms with Crippen LogP contribution in [0.25, 0.3) is 21.9 Å². The van der Waals surface area contributed by atoms with Gasteiger partial charge < -0.3 is 4.42 Å². The average Bonchev–Trinajstić information content (AvgIpc) is 2.65. The van der Waals surface area contributed by atoms with E-state index in [0.717, 1.165) is 22.6 Å². The van der Waals surface area contributed by atoms with Crippen molar-refractivity contribution >= 4 is 39.8 Å². The van der Waals surface area contributed by atoms with Gasteiger partial charge in [0, 0.05) is 22.4 Å². The molecule has 0 aliphatic rings. The Morgan fingerprint density at radius 2 is 1.88 bits per heavy atom. The minimum Gasteiger partial charge on any atom is -0.456 e. The highest BCUT2D eigenvalue weighted by Crippen LogP contribution is 2.31. The smallest absolute Gasteiger partial charge is 0.151 e. The molecule has 0 spiro atoms. The molecule has 1 heterocycles. The lowest BCUT2D eigenvalue weighted by Gasteiger charge is -1.95. The molecule has 0 bridgehead atoms. The van der Waals surface area contributed by atoms with Gasteiger partial charge in [0.2, 0.25) is 0 Å². The summed E-state index contributed by atoms with van der Waals surface area (Å²) in [5, 5.41) is 2.33. The van der Waals surface area contributed by atoms with E-state index in [1.807, 2.05) is 24.3 Å². The van der Waals surface area contributed by atoms with Crippen LogP contribution in [0.4, 0.5) is 0 Å². The maximum absolute atomic E-state index is 10.8. The lowest BCUT2D eigenvalue weighted by atomic mass is 10.1. The van der Waals surface area contributed by atoms with Crippen LogP contribution in [0.2, 0.25) is 5.02 Å². The zero-order valence-electron chi connectivity index (χ0n) is 8.24. The van der Waals surface area contributed by atoms with Crippen LogP contribution in [0.1, 0.15) is 10.4 Å². The Morgan fingerprint density at radius 3 is 2.69 bits per heavy atom. The molecule has 0 N–H and O–H groups in total. The van der Waals surface area contributed by atoms with Crippen LogP contribution < -0.4 is 0 Å². The molecule has 78 valence electrons. The summed E-state index contributed by atoms with van der Waals surface area (Å²) >= 11 is 5.94. The van der Waals surface area contributed by atoms with Crippen molar-refractivity contribution in [2.24, 2.45) is 0 Å². The molecule has 0 radical (unpaired) electrons. The second-order valence-electron chi connectivity index (χ2n) is 3.59. The quantitative estimate of drug-likeness (QED) is 0.591. The molecule has 0 saturated heterocycles. The predicted molar refractivity (Wildman–Crippen MR) is 64.1 cm³/mol. The number of para-hydroxylation sites is 1. The molecule has 3 rings (SSSR count). The minimum atomic E-state index is 0.418. The van der Waals surface area contributed by atoms with Gasteiger partial charge in [-0.3, -0.25) is 4.79 Å². The second-order valence-corrected chi connectivity index (χ2v) is 3.99. The van der Waals surface area contributed by atoms with Gasteiger partial charge in [-0.25, -0.2) is 0 Å². The maximum Gasteiger partial charge on any atom is 0.151 e. The molecule has 16 heavy (non-hydrogen) atoms. The zero-order valence-corrected chi connectivity index (χ0v) is 8.99.